The van der Waals surface area contributed by atoms with Crippen LogP contribution < -0.4 is 4.72 Å². The molecular formula is C18H22Cl2N4O2S. The molecule has 1 amide bonds. The summed E-state index contributed by atoms with van der Waals surface area (Å²) in [6.45, 7) is 5.35. The van der Waals surface area contributed by atoms with Crippen molar-refractivity contribution in [1.29, 1.82) is 0 Å². The topological polar surface area (TPSA) is 57.2 Å². The van der Waals surface area contributed by atoms with Crippen molar-refractivity contribution >= 4 is 47.3 Å². The lowest BCUT2D eigenvalue weighted by Crippen LogP contribution is -2.48. The van der Waals surface area contributed by atoms with Gasteiger partial charge in [-0.1, -0.05) is 29.3 Å². The van der Waals surface area contributed by atoms with Crippen molar-refractivity contribution in [2.24, 2.45) is 4.99 Å². The number of amides is 1. The number of nitrogens with zero attached hydrogens (tertiary/aromatic N) is 3. The monoisotopic (exact) mass is 428 g/mol. The van der Waals surface area contributed by atoms with Gasteiger partial charge in [0.1, 0.15) is 0 Å². The molecule has 1 aromatic carbocycles. The van der Waals surface area contributed by atoms with Crippen molar-refractivity contribution < 1.29 is 9.53 Å². The van der Waals surface area contributed by atoms with Crippen LogP contribution in [-0.4, -0.2) is 59.8 Å². The molecule has 0 saturated carbocycles. The molecule has 1 fully saturated rings. The zero-order valence-corrected chi connectivity index (χ0v) is 17.3. The van der Waals surface area contributed by atoms with Gasteiger partial charge in [-0.2, -0.15) is 0 Å². The van der Waals surface area contributed by atoms with Gasteiger partial charge in [0.15, 0.2) is 5.50 Å². The quantitative estimate of drug-likeness (QED) is 0.705. The Bertz CT molecular complexity index is 731. The van der Waals surface area contributed by atoms with E-state index in [0.29, 0.717) is 23.2 Å². The van der Waals surface area contributed by atoms with E-state index < -0.39 is 0 Å². The molecule has 0 radical (unpaired) electrons. The number of rotatable bonds is 6. The summed E-state index contributed by atoms with van der Waals surface area (Å²) in [5, 5.41) is 1.15. The number of hydrogen-bond donors (Lipinski definition) is 1. The Labute approximate surface area is 173 Å². The summed E-state index contributed by atoms with van der Waals surface area (Å²) in [7, 11) is 0. The minimum atomic E-state index is -0.187. The lowest BCUT2D eigenvalue weighted by molar-refractivity contribution is -0.117. The Morgan fingerprint density at radius 3 is 3.04 bits per heavy atom. The first kappa shape index (κ1) is 20.5. The Kier molecular flexibility index (Phi) is 7.43. The molecule has 2 aliphatic heterocycles. The van der Waals surface area contributed by atoms with Crippen LogP contribution >= 0.6 is 35.1 Å². The van der Waals surface area contributed by atoms with Crippen molar-refractivity contribution in [3.05, 3.63) is 46.1 Å². The summed E-state index contributed by atoms with van der Waals surface area (Å²) >= 11 is 13.4. The second-order valence-corrected chi connectivity index (χ2v) is 8.09. The molecule has 6 nitrogen and oxygen atoms in total. The average molecular weight is 429 g/mol. The standard InChI is InChI=1S/C18H22Cl2N4O2S/c1-13(25)22-27-18-21-5-2-6-24(18)12-15-11-23(7-8-26-15)10-14-3-4-16(19)17(20)9-14/h2-6,9,15,18H,7-8,10-12H2,1H3,(H,22,25). The van der Waals surface area contributed by atoms with Crippen LogP contribution in [0.3, 0.4) is 0 Å². The van der Waals surface area contributed by atoms with Crippen molar-refractivity contribution in [2.45, 2.75) is 25.1 Å². The minimum Gasteiger partial charge on any atom is -0.374 e. The van der Waals surface area contributed by atoms with Crippen molar-refractivity contribution in [2.75, 3.05) is 26.2 Å². The van der Waals surface area contributed by atoms with E-state index in [4.69, 9.17) is 27.9 Å². The number of halogens is 2. The maximum Gasteiger partial charge on any atom is 0.226 e. The average Bonchev–Trinajstić information content (AvgIpc) is 2.64. The van der Waals surface area contributed by atoms with Gasteiger partial charge >= 0.3 is 0 Å². The Balaban J connectivity index is 1.55. The van der Waals surface area contributed by atoms with Gasteiger partial charge in [-0.15, -0.1) is 0 Å². The lowest BCUT2D eigenvalue weighted by atomic mass is 10.2. The molecule has 2 unspecified atom stereocenters. The molecule has 2 aliphatic rings. The van der Waals surface area contributed by atoms with Crippen molar-refractivity contribution in [1.82, 2.24) is 14.5 Å². The summed E-state index contributed by atoms with van der Waals surface area (Å²) in [6, 6.07) is 5.74. The first-order valence-corrected chi connectivity index (χ1v) is 10.3. The molecule has 9 heteroatoms. The molecule has 1 saturated heterocycles. The van der Waals surface area contributed by atoms with Crippen LogP contribution in [0.15, 0.2) is 35.5 Å². The van der Waals surface area contributed by atoms with Gasteiger partial charge in [-0.25, -0.2) is 0 Å². The summed E-state index contributed by atoms with van der Waals surface area (Å²) in [6.07, 6.45) is 5.67. The Morgan fingerprint density at radius 2 is 2.26 bits per heavy atom. The number of carbonyl (C=O) groups excluding carboxylic acids is 1. The van der Waals surface area contributed by atoms with Gasteiger partial charge in [0.2, 0.25) is 5.91 Å². The minimum absolute atomic E-state index is 0.0555. The van der Waals surface area contributed by atoms with E-state index in [1.165, 1.54) is 18.9 Å². The highest BCUT2D eigenvalue weighted by Crippen LogP contribution is 2.24. The molecule has 1 aromatic rings. The highest BCUT2D eigenvalue weighted by Gasteiger charge is 2.26. The van der Waals surface area contributed by atoms with Crippen LogP contribution in [0, 0.1) is 0 Å². The van der Waals surface area contributed by atoms with Gasteiger partial charge in [0.05, 0.1) is 22.8 Å². The van der Waals surface area contributed by atoms with E-state index >= 15 is 0 Å². The molecule has 0 aromatic heterocycles. The number of aliphatic imine (C=N–C) groups is 1. The predicted molar refractivity (Wildman–Crippen MR) is 111 cm³/mol. The van der Waals surface area contributed by atoms with E-state index in [-0.39, 0.29) is 17.5 Å². The summed E-state index contributed by atoms with van der Waals surface area (Å²) in [4.78, 5) is 20.0. The van der Waals surface area contributed by atoms with Crippen LogP contribution in [0.1, 0.15) is 12.5 Å². The van der Waals surface area contributed by atoms with Crippen LogP contribution in [0.25, 0.3) is 0 Å². The first-order valence-electron chi connectivity index (χ1n) is 8.67. The van der Waals surface area contributed by atoms with Gasteiger partial charge in [0.25, 0.3) is 0 Å². The van der Waals surface area contributed by atoms with E-state index in [2.05, 4.69) is 19.5 Å². The van der Waals surface area contributed by atoms with E-state index in [1.807, 2.05) is 30.5 Å². The smallest absolute Gasteiger partial charge is 0.226 e. The second-order valence-electron chi connectivity index (χ2n) is 6.42. The number of hydrogen-bond acceptors (Lipinski definition) is 6. The summed E-state index contributed by atoms with van der Waals surface area (Å²) < 4.78 is 8.70. The molecule has 146 valence electrons. The van der Waals surface area contributed by atoms with E-state index in [0.717, 1.165) is 25.2 Å². The number of morpholine rings is 1. The Hall–Kier alpha value is -1.25. The molecule has 0 spiro atoms. The SMILES string of the molecule is CC(=O)NSC1N=CC=CN1CC1CN(Cc2ccc(Cl)c(Cl)c2)CCO1. The molecule has 2 heterocycles. The van der Waals surface area contributed by atoms with Crippen molar-refractivity contribution in [3.8, 4) is 0 Å². The maximum atomic E-state index is 11.2. The normalized spacial score (nSPS) is 22.9. The van der Waals surface area contributed by atoms with Crippen LogP contribution in [0.5, 0.6) is 0 Å². The second kappa shape index (κ2) is 9.80. The third-order valence-electron chi connectivity index (χ3n) is 4.20. The number of allylic oxidation sites excluding steroid dienone is 1. The van der Waals surface area contributed by atoms with Crippen LogP contribution in [0.2, 0.25) is 10.0 Å². The lowest BCUT2D eigenvalue weighted by Gasteiger charge is -2.37. The van der Waals surface area contributed by atoms with E-state index in [9.17, 15) is 4.79 Å². The van der Waals surface area contributed by atoms with Crippen molar-refractivity contribution in [3.63, 3.8) is 0 Å². The molecule has 0 bridgehead atoms. The largest absolute Gasteiger partial charge is 0.374 e. The van der Waals surface area contributed by atoms with E-state index in [1.54, 1.807) is 6.21 Å². The molecule has 27 heavy (non-hydrogen) atoms. The van der Waals surface area contributed by atoms with Gasteiger partial charge in [0, 0.05) is 57.5 Å². The fraction of sp³-hybridized carbons (Fsp3) is 0.444. The molecule has 0 aliphatic carbocycles. The number of ether oxygens (including phenoxy) is 1. The maximum absolute atomic E-state index is 11.2. The fourth-order valence-corrected chi connectivity index (χ4v) is 4.00. The molecular weight excluding hydrogens is 407 g/mol. The molecule has 3 rings (SSSR count). The first-order chi connectivity index (χ1) is 13.0. The fourth-order valence-electron chi connectivity index (χ4n) is 2.98. The van der Waals surface area contributed by atoms with Crippen LogP contribution in [0.4, 0.5) is 0 Å². The molecule has 1 N–H and O–H groups in total. The highest BCUT2D eigenvalue weighted by atomic mass is 35.5. The third-order valence-corrected chi connectivity index (χ3v) is 5.94. The molecule has 2 atom stereocenters. The predicted octanol–water partition coefficient (Wildman–Crippen LogP) is 3.16. The Morgan fingerprint density at radius 1 is 1.41 bits per heavy atom. The highest BCUT2D eigenvalue weighted by molar-refractivity contribution is 7.98. The van der Waals surface area contributed by atoms with Gasteiger partial charge in [-0.05, 0) is 23.8 Å². The number of nitrogens with one attached hydrogen (secondary N) is 1. The summed E-state index contributed by atoms with van der Waals surface area (Å²) in [5.41, 5.74) is 0.944. The summed E-state index contributed by atoms with van der Waals surface area (Å²) in [5.74, 6) is -0.0913. The number of benzene rings is 1. The third kappa shape index (κ3) is 6.12. The van der Waals surface area contributed by atoms with Gasteiger partial charge < -0.3 is 9.64 Å². The van der Waals surface area contributed by atoms with Crippen LogP contribution in [-0.2, 0) is 16.1 Å². The zero-order chi connectivity index (χ0) is 19.2. The number of carbonyl (C=O) groups is 1. The van der Waals surface area contributed by atoms with Gasteiger partial charge in [-0.3, -0.25) is 19.4 Å². The zero-order valence-electron chi connectivity index (χ0n) is 15.0.